The first-order valence-electron chi connectivity index (χ1n) is 8.63. The summed E-state index contributed by atoms with van der Waals surface area (Å²) in [7, 11) is -3.93. The zero-order chi connectivity index (χ0) is 20.4. The first-order chi connectivity index (χ1) is 13.9. The third-order valence-corrected chi connectivity index (χ3v) is 5.82. The average Bonchev–Trinajstić information content (AvgIpc) is 3.12. The molecule has 1 heterocycles. The Morgan fingerprint density at radius 2 is 1.55 bits per heavy atom. The molecule has 0 aliphatic heterocycles. The van der Waals surface area contributed by atoms with Gasteiger partial charge in [-0.1, -0.05) is 54.1 Å². The topological polar surface area (TPSA) is 64.0 Å². The third-order valence-electron chi connectivity index (χ3n) is 4.26. The highest BCUT2D eigenvalue weighted by Gasteiger charge is 2.20. The van der Waals surface area contributed by atoms with Crippen molar-refractivity contribution in [3.05, 3.63) is 95.8 Å². The molecule has 5 nitrogen and oxygen atoms in total. The molecule has 0 fully saturated rings. The normalized spacial score (nSPS) is 11.4. The SMILES string of the molecule is O=S(=O)(Nn1nc(-c2ccc(Cl)cc2)cc1-c1ccccc1F)c1ccccc1. The van der Waals surface area contributed by atoms with E-state index in [-0.39, 0.29) is 16.2 Å². The number of nitrogens with one attached hydrogen (secondary N) is 1. The molecule has 3 aromatic carbocycles. The van der Waals surface area contributed by atoms with E-state index in [4.69, 9.17) is 11.6 Å². The van der Waals surface area contributed by atoms with Crippen molar-refractivity contribution in [3.8, 4) is 22.5 Å². The molecule has 0 radical (unpaired) electrons. The molecule has 4 rings (SSSR count). The maximum atomic E-state index is 14.4. The van der Waals surface area contributed by atoms with Crippen molar-refractivity contribution < 1.29 is 12.8 Å². The Hall–Kier alpha value is -3.16. The fraction of sp³-hybridized carbons (Fsp3) is 0. The molecule has 1 N–H and O–H groups in total. The monoisotopic (exact) mass is 427 g/mol. The van der Waals surface area contributed by atoms with Crippen molar-refractivity contribution >= 4 is 21.6 Å². The Labute approximate surface area is 172 Å². The highest BCUT2D eigenvalue weighted by Crippen LogP contribution is 2.28. The molecule has 1 aromatic heterocycles. The van der Waals surface area contributed by atoms with Gasteiger partial charge in [-0.2, -0.15) is 23.1 Å². The van der Waals surface area contributed by atoms with Crippen LogP contribution in [0.2, 0.25) is 5.02 Å². The van der Waals surface area contributed by atoms with Crippen molar-refractivity contribution in [1.29, 1.82) is 0 Å². The minimum atomic E-state index is -3.93. The second-order valence-electron chi connectivity index (χ2n) is 6.22. The minimum absolute atomic E-state index is 0.0722. The maximum absolute atomic E-state index is 14.4. The molecule has 0 atom stereocenters. The van der Waals surface area contributed by atoms with Crippen LogP contribution in [-0.4, -0.2) is 18.3 Å². The maximum Gasteiger partial charge on any atom is 0.276 e. The standard InChI is InChI=1S/C21H15ClFN3O2S/c22-16-12-10-15(11-13-16)20-14-21(18-8-4-5-9-19(18)23)26(24-20)25-29(27,28)17-6-2-1-3-7-17/h1-14,25H. The van der Waals surface area contributed by atoms with Crippen LogP contribution >= 0.6 is 11.6 Å². The molecule has 0 saturated carbocycles. The molecule has 0 spiro atoms. The zero-order valence-corrected chi connectivity index (χ0v) is 16.5. The number of halogens is 2. The van der Waals surface area contributed by atoms with Crippen LogP contribution in [0, 0.1) is 5.82 Å². The summed E-state index contributed by atoms with van der Waals surface area (Å²) in [6.45, 7) is 0. The van der Waals surface area contributed by atoms with Gasteiger partial charge in [-0.25, -0.2) is 4.39 Å². The lowest BCUT2D eigenvalue weighted by Crippen LogP contribution is -2.25. The number of hydrogen-bond acceptors (Lipinski definition) is 3. The molecule has 0 saturated heterocycles. The molecular weight excluding hydrogens is 413 g/mol. The first-order valence-corrected chi connectivity index (χ1v) is 10.5. The summed E-state index contributed by atoms with van der Waals surface area (Å²) in [5, 5.41) is 4.92. The number of nitrogens with zero attached hydrogens (tertiary/aromatic N) is 2. The summed E-state index contributed by atoms with van der Waals surface area (Å²) in [6.07, 6.45) is 0. The van der Waals surface area contributed by atoms with Gasteiger partial charge in [-0.3, -0.25) is 0 Å². The lowest BCUT2D eigenvalue weighted by atomic mass is 10.1. The van der Waals surface area contributed by atoms with Gasteiger partial charge in [0.05, 0.1) is 16.3 Å². The lowest BCUT2D eigenvalue weighted by Gasteiger charge is -2.11. The number of rotatable bonds is 5. The van der Waals surface area contributed by atoms with E-state index in [1.807, 2.05) is 0 Å². The average molecular weight is 428 g/mol. The minimum Gasteiger partial charge on any atom is -0.206 e. The van der Waals surface area contributed by atoms with E-state index in [0.717, 1.165) is 4.79 Å². The quantitative estimate of drug-likeness (QED) is 0.490. The van der Waals surface area contributed by atoms with Gasteiger partial charge in [-0.05, 0) is 42.5 Å². The summed E-state index contributed by atoms with van der Waals surface area (Å²) < 4.78 is 40.0. The molecular formula is C21H15ClFN3O2S. The van der Waals surface area contributed by atoms with Crippen LogP contribution in [0.5, 0.6) is 0 Å². The summed E-state index contributed by atoms with van der Waals surface area (Å²) >= 11 is 5.94. The summed E-state index contributed by atoms with van der Waals surface area (Å²) in [5.41, 5.74) is 1.67. The Morgan fingerprint density at radius 1 is 0.897 bits per heavy atom. The second kappa shape index (κ2) is 7.69. The van der Waals surface area contributed by atoms with E-state index in [2.05, 4.69) is 9.93 Å². The number of sulfonamides is 1. The molecule has 0 amide bonds. The number of aromatic nitrogens is 2. The highest BCUT2D eigenvalue weighted by atomic mass is 35.5. The van der Waals surface area contributed by atoms with Crippen LogP contribution in [0.25, 0.3) is 22.5 Å². The fourth-order valence-corrected chi connectivity index (χ4v) is 3.95. The Balaban J connectivity index is 1.83. The molecule has 8 heteroatoms. The largest absolute Gasteiger partial charge is 0.276 e. The van der Waals surface area contributed by atoms with Gasteiger partial charge in [0, 0.05) is 16.1 Å². The van der Waals surface area contributed by atoms with Crippen molar-refractivity contribution in [2.24, 2.45) is 0 Å². The zero-order valence-electron chi connectivity index (χ0n) is 15.0. The van der Waals surface area contributed by atoms with Crippen LogP contribution in [0.4, 0.5) is 4.39 Å². The Morgan fingerprint density at radius 3 is 2.24 bits per heavy atom. The van der Waals surface area contributed by atoms with E-state index < -0.39 is 15.8 Å². The van der Waals surface area contributed by atoms with Crippen molar-refractivity contribution in [1.82, 2.24) is 9.89 Å². The summed E-state index contributed by atoms with van der Waals surface area (Å²) in [4.78, 5) is 3.56. The van der Waals surface area contributed by atoms with E-state index in [0.29, 0.717) is 16.3 Å². The first kappa shape index (κ1) is 19.2. The van der Waals surface area contributed by atoms with Crippen LogP contribution in [0.3, 0.4) is 0 Å². The van der Waals surface area contributed by atoms with Gasteiger partial charge >= 0.3 is 0 Å². The lowest BCUT2D eigenvalue weighted by molar-refractivity contribution is 0.591. The molecule has 4 aromatic rings. The van der Waals surface area contributed by atoms with Gasteiger partial charge in [0.2, 0.25) is 0 Å². The van der Waals surface area contributed by atoms with Crippen LogP contribution in [0.1, 0.15) is 0 Å². The van der Waals surface area contributed by atoms with E-state index in [9.17, 15) is 12.8 Å². The highest BCUT2D eigenvalue weighted by molar-refractivity contribution is 7.92. The van der Waals surface area contributed by atoms with Crippen LogP contribution in [0.15, 0.2) is 89.8 Å². The molecule has 0 unspecified atom stereocenters. The van der Waals surface area contributed by atoms with Crippen molar-refractivity contribution in [2.45, 2.75) is 4.90 Å². The van der Waals surface area contributed by atoms with Gasteiger partial charge in [0.1, 0.15) is 5.82 Å². The van der Waals surface area contributed by atoms with E-state index in [1.165, 1.54) is 18.2 Å². The third kappa shape index (κ3) is 4.01. The predicted octanol–water partition coefficient (Wildman–Crippen LogP) is 4.94. The Kier molecular flexibility index (Phi) is 5.08. The van der Waals surface area contributed by atoms with Gasteiger partial charge in [-0.15, -0.1) is 0 Å². The molecule has 0 aliphatic carbocycles. The number of benzene rings is 3. The Bertz CT molecular complexity index is 1260. The molecule has 0 bridgehead atoms. The molecule has 0 aliphatic rings. The van der Waals surface area contributed by atoms with E-state index in [1.54, 1.807) is 66.7 Å². The molecule has 146 valence electrons. The summed E-state index contributed by atoms with van der Waals surface area (Å²) in [6, 6.07) is 22.5. The van der Waals surface area contributed by atoms with Crippen LogP contribution < -0.4 is 4.83 Å². The van der Waals surface area contributed by atoms with Crippen molar-refractivity contribution in [2.75, 3.05) is 4.83 Å². The molecule has 29 heavy (non-hydrogen) atoms. The fourth-order valence-electron chi connectivity index (χ4n) is 2.84. The van der Waals surface area contributed by atoms with E-state index >= 15 is 0 Å². The van der Waals surface area contributed by atoms with Gasteiger partial charge < -0.3 is 0 Å². The van der Waals surface area contributed by atoms with Gasteiger partial charge in [0.15, 0.2) is 0 Å². The summed E-state index contributed by atoms with van der Waals surface area (Å²) in [5.74, 6) is -0.491. The number of hydrogen-bond donors (Lipinski definition) is 1. The van der Waals surface area contributed by atoms with Crippen molar-refractivity contribution in [3.63, 3.8) is 0 Å². The van der Waals surface area contributed by atoms with Crippen LogP contribution in [-0.2, 0) is 10.0 Å². The second-order valence-corrected chi connectivity index (χ2v) is 8.32. The smallest absolute Gasteiger partial charge is 0.206 e. The predicted molar refractivity (Wildman–Crippen MR) is 111 cm³/mol. The van der Waals surface area contributed by atoms with Gasteiger partial charge in [0.25, 0.3) is 10.0 Å².